The van der Waals surface area contributed by atoms with Gasteiger partial charge in [-0.25, -0.2) is 0 Å². The second kappa shape index (κ2) is 7.13. The van der Waals surface area contributed by atoms with Crippen molar-refractivity contribution in [2.45, 2.75) is 13.3 Å². The standard InChI is InChI=1S/C20H16N4O2S/c1-12-6-2-3-7-13(12)10-17-23-24-20(27-17)22-19(26)18(25)15-11-21-16-9-5-4-8-14(15)16/h2-9,11,21H,10H2,1H3,(H,22,24,26). The molecule has 27 heavy (non-hydrogen) atoms. The fraction of sp³-hybridized carbons (Fsp3) is 0.100. The van der Waals surface area contributed by atoms with E-state index in [9.17, 15) is 9.59 Å². The molecule has 0 saturated carbocycles. The van der Waals surface area contributed by atoms with E-state index in [1.54, 1.807) is 12.3 Å². The van der Waals surface area contributed by atoms with Gasteiger partial charge in [0, 0.05) is 23.5 Å². The van der Waals surface area contributed by atoms with Crippen LogP contribution in [0.25, 0.3) is 10.9 Å². The molecule has 134 valence electrons. The molecule has 0 unspecified atom stereocenters. The number of Topliss-reactive ketones (excluding diaryl/α,β-unsaturated/α-hetero) is 1. The number of rotatable bonds is 5. The lowest BCUT2D eigenvalue weighted by Crippen LogP contribution is -2.22. The van der Waals surface area contributed by atoms with Crippen LogP contribution in [0.4, 0.5) is 5.13 Å². The van der Waals surface area contributed by atoms with Crippen LogP contribution in [0.2, 0.25) is 0 Å². The van der Waals surface area contributed by atoms with Crippen LogP contribution < -0.4 is 5.32 Å². The quantitative estimate of drug-likeness (QED) is 0.410. The summed E-state index contributed by atoms with van der Waals surface area (Å²) in [5.74, 6) is -1.33. The van der Waals surface area contributed by atoms with E-state index in [1.165, 1.54) is 16.9 Å². The maximum absolute atomic E-state index is 12.5. The molecule has 7 heteroatoms. The van der Waals surface area contributed by atoms with Crippen molar-refractivity contribution in [3.63, 3.8) is 0 Å². The van der Waals surface area contributed by atoms with Gasteiger partial charge in [-0.1, -0.05) is 53.8 Å². The second-order valence-corrected chi connectivity index (χ2v) is 7.20. The molecular weight excluding hydrogens is 360 g/mol. The molecule has 0 aliphatic heterocycles. The summed E-state index contributed by atoms with van der Waals surface area (Å²) >= 11 is 1.27. The minimum absolute atomic E-state index is 0.316. The second-order valence-electron chi connectivity index (χ2n) is 6.14. The van der Waals surface area contributed by atoms with E-state index in [4.69, 9.17) is 0 Å². The third-order valence-electron chi connectivity index (χ3n) is 4.33. The van der Waals surface area contributed by atoms with Gasteiger partial charge >= 0.3 is 0 Å². The monoisotopic (exact) mass is 376 g/mol. The maximum atomic E-state index is 12.5. The van der Waals surface area contributed by atoms with Crippen LogP contribution in [0.3, 0.4) is 0 Å². The smallest absolute Gasteiger partial charge is 0.298 e. The Morgan fingerprint density at radius 3 is 2.70 bits per heavy atom. The number of H-pyrrole nitrogens is 1. The van der Waals surface area contributed by atoms with Crippen LogP contribution in [0.5, 0.6) is 0 Å². The van der Waals surface area contributed by atoms with Crippen molar-refractivity contribution in [1.29, 1.82) is 0 Å². The summed E-state index contributed by atoms with van der Waals surface area (Å²) in [6, 6.07) is 15.4. The molecule has 0 aliphatic rings. The van der Waals surface area contributed by atoms with Crippen molar-refractivity contribution in [3.8, 4) is 0 Å². The van der Waals surface area contributed by atoms with Crippen LogP contribution >= 0.6 is 11.3 Å². The Labute approximate surface area is 159 Å². The number of fused-ring (bicyclic) bond motifs is 1. The lowest BCUT2D eigenvalue weighted by molar-refractivity contribution is -0.112. The average Bonchev–Trinajstić information content (AvgIpc) is 3.30. The molecule has 0 saturated heterocycles. The first-order valence-electron chi connectivity index (χ1n) is 8.40. The number of nitrogens with zero attached hydrogens (tertiary/aromatic N) is 2. The van der Waals surface area contributed by atoms with E-state index in [-0.39, 0.29) is 0 Å². The minimum atomic E-state index is -0.724. The van der Waals surface area contributed by atoms with E-state index in [0.29, 0.717) is 17.1 Å². The maximum Gasteiger partial charge on any atom is 0.298 e. The third-order valence-corrected chi connectivity index (χ3v) is 5.17. The van der Waals surface area contributed by atoms with E-state index in [2.05, 4.69) is 20.5 Å². The van der Waals surface area contributed by atoms with Crippen LogP contribution in [0.1, 0.15) is 26.5 Å². The van der Waals surface area contributed by atoms with Crippen molar-refractivity contribution >= 4 is 39.1 Å². The van der Waals surface area contributed by atoms with Crippen molar-refractivity contribution in [2.75, 3.05) is 5.32 Å². The molecule has 2 aromatic carbocycles. The molecule has 0 spiro atoms. The van der Waals surface area contributed by atoms with Gasteiger partial charge in [0.15, 0.2) is 0 Å². The van der Waals surface area contributed by atoms with Crippen LogP contribution in [-0.2, 0) is 11.2 Å². The molecular formula is C20H16N4O2S. The molecule has 1 amide bonds. The predicted octanol–water partition coefficient (Wildman–Crippen LogP) is 3.74. The summed E-state index contributed by atoms with van der Waals surface area (Å²) < 4.78 is 0. The topological polar surface area (TPSA) is 87.7 Å². The number of anilines is 1. The van der Waals surface area contributed by atoms with Gasteiger partial charge in [-0.15, -0.1) is 10.2 Å². The first kappa shape index (κ1) is 17.1. The zero-order chi connectivity index (χ0) is 18.8. The van der Waals surface area contributed by atoms with E-state index in [0.717, 1.165) is 21.5 Å². The fourth-order valence-corrected chi connectivity index (χ4v) is 3.64. The Balaban J connectivity index is 1.48. The van der Waals surface area contributed by atoms with Gasteiger partial charge in [-0.05, 0) is 24.1 Å². The molecule has 0 radical (unpaired) electrons. The van der Waals surface area contributed by atoms with Gasteiger partial charge in [0.2, 0.25) is 5.13 Å². The Hall–Kier alpha value is -3.32. The van der Waals surface area contributed by atoms with Crippen molar-refractivity contribution in [2.24, 2.45) is 0 Å². The highest BCUT2D eigenvalue weighted by Crippen LogP contribution is 2.22. The van der Waals surface area contributed by atoms with Gasteiger partial charge < -0.3 is 4.98 Å². The zero-order valence-electron chi connectivity index (χ0n) is 14.5. The number of aromatic amines is 1. The Kier molecular flexibility index (Phi) is 4.52. The Morgan fingerprint density at radius 2 is 1.85 bits per heavy atom. The highest BCUT2D eigenvalue weighted by Gasteiger charge is 2.21. The number of carbonyl (C=O) groups excluding carboxylic acids is 2. The lowest BCUT2D eigenvalue weighted by atomic mass is 10.1. The normalized spacial score (nSPS) is 10.9. The molecule has 0 atom stereocenters. The SMILES string of the molecule is Cc1ccccc1Cc1nnc(NC(=O)C(=O)c2c[nH]c3ccccc23)s1. The fourth-order valence-electron chi connectivity index (χ4n) is 2.88. The summed E-state index contributed by atoms with van der Waals surface area (Å²) in [4.78, 5) is 27.8. The van der Waals surface area contributed by atoms with Crippen molar-refractivity contribution in [1.82, 2.24) is 15.2 Å². The Bertz CT molecular complexity index is 1150. The van der Waals surface area contributed by atoms with Crippen molar-refractivity contribution in [3.05, 3.63) is 76.4 Å². The number of benzene rings is 2. The Morgan fingerprint density at radius 1 is 1.07 bits per heavy atom. The number of carbonyl (C=O) groups is 2. The number of hydrogen-bond donors (Lipinski definition) is 2. The molecule has 0 aliphatic carbocycles. The molecule has 6 nitrogen and oxygen atoms in total. The first-order chi connectivity index (χ1) is 13.1. The largest absolute Gasteiger partial charge is 0.360 e. The first-order valence-corrected chi connectivity index (χ1v) is 9.22. The summed E-state index contributed by atoms with van der Waals surface area (Å²) in [6.45, 7) is 2.04. The highest BCUT2D eigenvalue weighted by molar-refractivity contribution is 7.15. The summed E-state index contributed by atoms with van der Waals surface area (Å²) in [5.41, 5.74) is 3.48. The van der Waals surface area contributed by atoms with Gasteiger partial charge in [-0.2, -0.15) is 0 Å². The van der Waals surface area contributed by atoms with Gasteiger partial charge in [-0.3, -0.25) is 14.9 Å². The van der Waals surface area contributed by atoms with Gasteiger partial charge in [0.25, 0.3) is 11.7 Å². The van der Waals surface area contributed by atoms with E-state index >= 15 is 0 Å². The van der Waals surface area contributed by atoms with E-state index in [1.807, 2.05) is 49.4 Å². The van der Waals surface area contributed by atoms with Crippen molar-refractivity contribution < 1.29 is 9.59 Å². The number of aryl methyl sites for hydroxylation is 1. The molecule has 2 heterocycles. The number of para-hydroxylation sites is 1. The van der Waals surface area contributed by atoms with Crippen LogP contribution in [0.15, 0.2) is 54.7 Å². The summed E-state index contributed by atoms with van der Waals surface area (Å²) in [7, 11) is 0. The molecule has 2 N–H and O–H groups in total. The summed E-state index contributed by atoms with van der Waals surface area (Å²) in [5, 5.41) is 12.5. The van der Waals surface area contributed by atoms with Crippen LogP contribution in [-0.4, -0.2) is 26.9 Å². The number of nitrogens with one attached hydrogen (secondary N) is 2. The minimum Gasteiger partial charge on any atom is -0.360 e. The number of aromatic nitrogens is 3. The van der Waals surface area contributed by atoms with E-state index < -0.39 is 11.7 Å². The predicted molar refractivity (Wildman–Crippen MR) is 105 cm³/mol. The number of amides is 1. The lowest BCUT2D eigenvalue weighted by Gasteiger charge is -2.01. The van der Waals surface area contributed by atoms with Gasteiger partial charge in [0.05, 0.1) is 5.56 Å². The van der Waals surface area contributed by atoms with Gasteiger partial charge in [0.1, 0.15) is 5.01 Å². The highest BCUT2D eigenvalue weighted by atomic mass is 32.1. The van der Waals surface area contributed by atoms with Crippen LogP contribution in [0, 0.1) is 6.92 Å². The zero-order valence-corrected chi connectivity index (χ0v) is 15.3. The molecule has 0 bridgehead atoms. The molecule has 2 aromatic heterocycles. The third kappa shape index (κ3) is 3.50. The number of hydrogen-bond acceptors (Lipinski definition) is 5. The molecule has 0 fully saturated rings. The number of ketones is 1. The molecule has 4 aromatic rings. The average molecular weight is 376 g/mol. The summed E-state index contributed by atoms with van der Waals surface area (Å²) in [6.07, 6.45) is 2.19. The molecule has 4 rings (SSSR count).